The third-order valence-corrected chi connectivity index (χ3v) is 5.44. The van der Waals surface area contributed by atoms with Crippen molar-refractivity contribution in [2.75, 3.05) is 33.3 Å². The van der Waals surface area contributed by atoms with Crippen LogP contribution in [0, 0.1) is 5.92 Å². The molecule has 1 aliphatic rings. The van der Waals surface area contributed by atoms with Gasteiger partial charge in [-0.15, -0.1) is 0 Å². The molecule has 9 heteroatoms. The van der Waals surface area contributed by atoms with E-state index in [2.05, 4.69) is 5.10 Å². The van der Waals surface area contributed by atoms with Gasteiger partial charge in [0.15, 0.2) is 0 Å². The van der Waals surface area contributed by atoms with Crippen LogP contribution in [0.1, 0.15) is 30.1 Å². The molecular formula is C21H25ClN4O4. The van der Waals surface area contributed by atoms with Crippen molar-refractivity contribution in [1.82, 2.24) is 19.6 Å². The minimum atomic E-state index is -0.303. The highest BCUT2D eigenvalue weighted by atomic mass is 35.5. The molecule has 0 N–H and O–H groups in total. The largest absolute Gasteiger partial charge is 0.466 e. The number of para-hydroxylation sites is 1. The number of likely N-dealkylation sites (N-methyl/N-ethyl adjacent to an activating group) is 1. The second kappa shape index (κ2) is 9.75. The number of aromatic nitrogens is 2. The van der Waals surface area contributed by atoms with Crippen LogP contribution in [0.2, 0.25) is 5.02 Å². The molecule has 1 aromatic heterocycles. The quantitative estimate of drug-likeness (QED) is 0.654. The monoisotopic (exact) mass is 432 g/mol. The fourth-order valence-electron chi connectivity index (χ4n) is 3.42. The number of ether oxygens (including phenoxy) is 1. The number of esters is 1. The number of hydrogen-bond donors (Lipinski definition) is 0. The van der Waals surface area contributed by atoms with Crippen LogP contribution in [0.5, 0.6) is 0 Å². The second-order valence-corrected chi connectivity index (χ2v) is 7.60. The van der Waals surface area contributed by atoms with Crippen molar-refractivity contribution in [2.24, 2.45) is 5.92 Å². The van der Waals surface area contributed by atoms with E-state index in [1.165, 1.54) is 15.8 Å². The Morgan fingerprint density at radius 2 is 1.93 bits per heavy atom. The first-order valence-corrected chi connectivity index (χ1v) is 10.3. The fraction of sp³-hybridized carbons (Fsp3) is 0.429. The molecule has 2 heterocycles. The normalized spacial score (nSPS) is 14.4. The van der Waals surface area contributed by atoms with E-state index in [0.717, 1.165) is 0 Å². The molecule has 0 unspecified atom stereocenters. The number of carbonyl (C=O) groups excluding carboxylic acids is 3. The Kier molecular flexibility index (Phi) is 7.10. The SMILES string of the molecule is CCOC(=O)C1CCN(C(=O)CN(C)C(=O)c2cnn(-c3ccccc3Cl)c2)CC1. The molecule has 3 rings (SSSR count). The molecule has 1 aliphatic heterocycles. The number of piperidine rings is 1. The molecule has 0 saturated carbocycles. The number of carbonyl (C=O) groups is 3. The van der Waals surface area contributed by atoms with Gasteiger partial charge in [0.2, 0.25) is 5.91 Å². The van der Waals surface area contributed by atoms with E-state index in [-0.39, 0.29) is 30.2 Å². The van der Waals surface area contributed by atoms with Crippen molar-refractivity contribution in [1.29, 1.82) is 0 Å². The summed E-state index contributed by atoms with van der Waals surface area (Å²) < 4.78 is 6.59. The molecule has 0 aliphatic carbocycles. The van der Waals surface area contributed by atoms with Gasteiger partial charge in [0.25, 0.3) is 5.91 Å². The summed E-state index contributed by atoms with van der Waals surface area (Å²) in [6.45, 7) is 3.06. The van der Waals surface area contributed by atoms with Crippen molar-refractivity contribution < 1.29 is 19.1 Å². The van der Waals surface area contributed by atoms with Gasteiger partial charge in [0, 0.05) is 26.3 Å². The van der Waals surface area contributed by atoms with Gasteiger partial charge in [-0.05, 0) is 31.9 Å². The fourth-order valence-corrected chi connectivity index (χ4v) is 3.64. The van der Waals surface area contributed by atoms with Crippen molar-refractivity contribution in [3.8, 4) is 5.69 Å². The van der Waals surface area contributed by atoms with Crippen LogP contribution in [0.15, 0.2) is 36.7 Å². The van der Waals surface area contributed by atoms with Gasteiger partial charge in [0.05, 0.1) is 41.5 Å². The Morgan fingerprint density at radius 3 is 2.60 bits per heavy atom. The van der Waals surface area contributed by atoms with Crippen LogP contribution < -0.4 is 0 Å². The number of likely N-dealkylation sites (tertiary alicyclic amines) is 1. The summed E-state index contributed by atoms with van der Waals surface area (Å²) in [4.78, 5) is 40.2. The molecule has 1 saturated heterocycles. The molecule has 160 valence electrons. The molecule has 2 aromatic rings. The Hall–Kier alpha value is -2.87. The standard InChI is InChI=1S/C21H25ClN4O4/c1-3-30-21(29)15-8-10-25(11-9-15)19(27)14-24(2)20(28)16-12-23-26(13-16)18-7-5-4-6-17(18)22/h4-7,12-13,15H,3,8-11,14H2,1-2H3. The van der Waals surface area contributed by atoms with Gasteiger partial charge in [0.1, 0.15) is 0 Å². The van der Waals surface area contributed by atoms with Crippen molar-refractivity contribution in [3.05, 3.63) is 47.2 Å². The molecule has 8 nitrogen and oxygen atoms in total. The predicted octanol–water partition coefficient (Wildman–Crippen LogP) is 2.40. The summed E-state index contributed by atoms with van der Waals surface area (Å²) in [6.07, 6.45) is 4.20. The Morgan fingerprint density at radius 1 is 1.23 bits per heavy atom. The van der Waals surface area contributed by atoms with Gasteiger partial charge in [-0.25, -0.2) is 4.68 Å². The van der Waals surface area contributed by atoms with Gasteiger partial charge >= 0.3 is 5.97 Å². The second-order valence-electron chi connectivity index (χ2n) is 7.19. The smallest absolute Gasteiger partial charge is 0.309 e. The maximum absolute atomic E-state index is 12.7. The van der Waals surface area contributed by atoms with Gasteiger partial charge in [-0.2, -0.15) is 5.10 Å². The van der Waals surface area contributed by atoms with Crippen LogP contribution in [-0.2, 0) is 14.3 Å². The van der Waals surface area contributed by atoms with Gasteiger partial charge in [-0.3, -0.25) is 14.4 Å². The summed E-state index contributed by atoms with van der Waals surface area (Å²) in [6, 6.07) is 7.20. The van der Waals surface area contributed by atoms with Crippen molar-refractivity contribution >= 4 is 29.4 Å². The number of rotatable bonds is 6. The summed E-state index contributed by atoms with van der Waals surface area (Å²) >= 11 is 6.18. The number of benzene rings is 1. The van der Waals surface area contributed by atoms with Crippen molar-refractivity contribution in [2.45, 2.75) is 19.8 Å². The number of amides is 2. The lowest BCUT2D eigenvalue weighted by atomic mass is 9.97. The summed E-state index contributed by atoms with van der Waals surface area (Å²) in [5.41, 5.74) is 1.03. The first kappa shape index (κ1) is 21.8. The van der Waals surface area contributed by atoms with Crippen molar-refractivity contribution in [3.63, 3.8) is 0 Å². The zero-order valence-corrected chi connectivity index (χ0v) is 17.8. The van der Waals surface area contributed by atoms with E-state index in [1.54, 1.807) is 37.2 Å². The zero-order valence-electron chi connectivity index (χ0n) is 17.1. The minimum Gasteiger partial charge on any atom is -0.466 e. The third-order valence-electron chi connectivity index (χ3n) is 5.12. The first-order chi connectivity index (χ1) is 14.4. The molecule has 1 aromatic carbocycles. The predicted molar refractivity (Wildman–Crippen MR) is 111 cm³/mol. The van der Waals surface area contributed by atoms with Crippen LogP contribution in [0.4, 0.5) is 0 Å². The maximum Gasteiger partial charge on any atom is 0.309 e. The van der Waals surface area contributed by atoms with Crippen LogP contribution in [-0.4, -0.2) is 70.7 Å². The molecule has 0 spiro atoms. The average Bonchev–Trinajstić information content (AvgIpc) is 3.23. The summed E-state index contributed by atoms with van der Waals surface area (Å²) in [7, 11) is 1.58. The van der Waals surface area contributed by atoms with Gasteiger partial charge < -0.3 is 14.5 Å². The Bertz CT molecular complexity index is 921. The molecule has 0 atom stereocenters. The molecule has 2 amide bonds. The van der Waals surface area contributed by atoms with Gasteiger partial charge in [-0.1, -0.05) is 23.7 Å². The average molecular weight is 433 g/mol. The topological polar surface area (TPSA) is 84.7 Å². The minimum absolute atomic E-state index is 0.0415. The Labute approximate surface area is 180 Å². The number of hydrogen-bond acceptors (Lipinski definition) is 5. The number of nitrogens with zero attached hydrogens (tertiary/aromatic N) is 4. The highest BCUT2D eigenvalue weighted by Gasteiger charge is 2.29. The third kappa shape index (κ3) is 4.99. The van der Waals surface area contributed by atoms with E-state index in [1.807, 2.05) is 12.1 Å². The molecular weight excluding hydrogens is 408 g/mol. The lowest BCUT2D eigenvalue weighted by molar-refractivity contribution is -0.151. The highest BCUT2D eigenvalue weighted by molar-refractivity contribution is 6.32. The molecule has 1 fully saturated rings. The number of halogens is 1. The highest BCUT2D eigenvalue weighted by Crippen LogP contribution is 2.20. The molecule has 0 radical (unpaired) electrons. The van der Waals surface area contributed by atoms with E-state index in [9.17, 15) is 14.4 Å². The maximum atomic E-state index is 12.7. The lowest BCUT2D eigenvalue weighted by Gasteiger charge is -2.32. The van der Waals surface area contributed by atoms with Crippen LogP contribution >= 0.6 is 11.6 Å². The summed E-state index contributed by atoms with van der Waals surface area (Å²) in [5, 5.41) is 4.73. The lowest BCUT2D eigenvalue weighted by Crippen LogP contribution is -2.45. The zero-order chi connectivity index (χ0) is 21.7. The van der Waals surface area contributed by atoms with E-state index in [4.69, 9.17) is 16.3 Å². The first-order valence-electron chi connectivity index (χ1n) is 9.90. The summed E-state index contributed by atoms with van der Waals surface area (Å²) in [5.74, 6) is -0.814. The van der Waals surface area contributed by atoms with Crippen LogP contribution in [0.25, 0.3) is 5.69 Å². The Balaban J connectivity index is 1.55. The molecule has 30 heavy (non-hydrogen) atoms. The van der Waals surface area contributed by atoms with E-state index >= 15 is 0 Å². The molecule has 0 bridgehead atoms. The van der Waals surface area contributed by atoms with Crippen LogP contribution in [0.3, 0.4) is 0 Å². The van der Waals surface area contributed by atoms with E-state index < -0.39 is 0 Å². The van der Waals surface area contributed by atoms with E-state index in [0.29, 0.717) is 48.8 Å².